The maximum atomic E-state index is 12.2. The number of rotatable bonds is 5. The predicted octanol–water partition coefficient (Wildman–Crippen LogP) is 5.75. The van der Waals surface area contributed by atoms with Crippen molar-refractivity contribution in [3.8, 4) is 5.75 Å². The number of ether oxygens (including phenoxy) is 1. The Morgan fingerprint density at radius 2 is 2.04 bits per heavy atom. The van der Waals surface area contributed by atoms with Gasteiger partial charge in [-0.1, -0.05) is 58.0 Å². The second kappa shape index (κ2) is 8.74. The van der Waals surface area contributed by atoms with E-state index in [0.717, 1.165) is 25.9 Å². The molecular weight excluding hydrogens is 418 g/mol. The number of aliphatic imine (C=N–C) groups is 1. The number of hydrogen-bond donors (Lipinski definition) is 0. The predicted molar refractivity (Wildman–Crippen MR) is 111 cm³/mol. The second-order valence-electron chi connectivity index (χ2n) is 5.19. The molecule has 0 radical (unpaired) electrons. The number of benzene rings is 2. The summed E-state index contributed by atoms with van der Waals surface area (Å²) in [4.78, 5) is 16.7. The molecule has 3 rings (SSSR count). The van der Waals surface area contributed by atoms with Gasteiger partial charge < -0.3 is 4.74 Å². The van der Waals surface area contributed by atoms with Crippen molar-refractivity contribution in [2.75, 3.05) is 6.61 Å². The summed E-state index contributed by atoms with van der Waals surface area (Å²) >= 11 is 6.29. The van der Waals surface area contributed by atoms with Crippen LogP contribution in [0.3, 0.4) is 0 Å². The van der Waals surface area contributed by atoms with E-state index >= 15 is 0 Å². The van der Waals surface area contributed by atoms with Crippen LogP contribution in [-0.4, -0.2) is 16.1 Å². The summed E-state index contributed by atoms with van der Waals surface area (Å²) in [5.41, 5.74) is 2.57. The maximum Gasteiger partial charge on any atom is 0.244 e. The van der Waals surface area contributed by atoms with Crippen molar-refractivity contribution in [1.82, 2.24) is 0 Å². The Hall–Kier alpha value is -1.50. The third-order valence-corrected chi connectivity index (χ3v) is 6.18. The van der Waals surface area contributed by atoms with Gasteiger partial charge in [-0.2, -0.15) is 0 Å². The van der Waals surface area contributed by atoms with Crippen LogP contribution in [0.2, 0.25) is 0 Å². The molecule has 2 aromatic rings. The van der Waals surface area contributed by atoms with E-state index in [4.69, 9.17) is 4.74 Å². The van der Waals surface area contributed by atoms with Gasteiger partial charge in [0.2, 0.25) is 5.12 Å². The van der Waals surface area contributed by atoms with Crippen LogP contribution in [0.15, 0.2) is 63.7 Å². The first kappa shape index (κ1) is 18.3. The van der Waals surface area contributed by atoms with Crippen LogP contribution in [0, 0.1) is 0 Å². The summed E-state index contributed by atoms with van der Waals surface area (Å²) in [5, 5.41) is -0.0238. The highest BCUT2D eigenvalue weighted by atomic mass is 79.9. The minimum atomic E-state index is -0.0238. The van der Waals surface area contributed by atoms with Crippen molar-refractivity contribution in [1.29, 1.82) is 0 Å². The Morgan fingerprint density at radius 3 is 2.80 bits per heavy atom. The lowest BCUT2D eigenvalue weighted by molar-refractivity contribution is -0.107. The Kier molecular flexibility index (Phi) is 6.39. The molecule has 0 atom stereocenters. The van der Waals surface area contributed by atoms with Crippen LogP contribution in [0.1, 0.15) is 18.1 Å². The van der Waals surface area contributed by atoms with Crippen molar-refractivity contribution in [3.05, 3.63) is 69.8 Å². The molecule has 0 aromatic heterocycles. The Bertz CT molecular complexity index is 835. The summed E-state index contributed by atoms with van der Waals surface area (Å²) in [5.74, 6) is 1.58. The van der Waals surface area contributed by atoms with E-state index in [0.29, 0.717) is 12.3 Å². The number of halogens is 1. The topological polar surface area (TPSA) is 38.7 Å². The average molecular weight is 434 g/mol. The molecule has 1 aliphatic rings. The SMILES string of the molecule is CCOc1ccc(Br)c(C=C2N=C(SCc3ccccc3)SC2=O)c1. The first-order valence-electron chi connectivity index (χ1n) is 7.77. The number of carbonyl (C=O) groups is 1. The van der Waals surface area contributed by atoms with Crippen LogP contribution >= 0.6 is 39.5 Å². The highest BCUT2D eigenvalue weighted by Gasteiger charge is 2.22. The lowest BCUT2D eigenvalue weighted by Crippen LogP contribution is -1.93. The molecule has 0 aliphatic carbocycles. The van der Waals surface area contributed by atoms with Crippen molar-refractivity contribution < 1.29 is 9.53 Å². The van der Waals surface area contributed by atoms with Crippen LogP contribution < -0.4 is 4.74 Å². The molecule has 6 heteroatoms. The number of thioether (sulfide) groups is 2. The highest BCUT2D eigenvalue weighted by molar-refractivity contribution is 9.10. The highest BCUT2D eigenvalue weighted by Crippen LogP contribution is 2.34. The van der Waals surface area contributed by atoms with Crippen molar-refractivity contribution in [3.63, 3.8) is 0 Å². The molecule has 0 fully saturated rings. The number of nitrogens with zero attached hydrogens (tertiary/aromatic N) is 1. The van der Waals surface area contributed by atoms with Crippen molar-refractivity contribution in [2.45, 2.75) is 12.7 Å². The van der Waals surface area contributed by atoms with Gasteiger partial charge in [-0.25, -0.2) is 4.99 Å². The number of carbonyl (C=O) groups excluding carboxylic acids is 1. The smallest absolute Gasteiger partial charge is 0.244 e. The van der Waals surface area contributed by atoms with Crippen LogP contribution in [-0.2, 0) is 10.5 Å². The molecular formula is C19H16BrNO2S2. The third kappa shape index (κ3) is 5.00. The maximum absolute atomic E-state index is 12.2. The molecule has 0 saturated heterocycles. The first-order chi connectivity index (χ1) is 12.2. The van der Waals surface area contributed by atoms with Gasteiger partial charge in [-0.15, -0.1) is 0 Å². The van der Waals surface area contributed by atoms with Gasteiger partial charge in [-0.3, -0.25) is 4.79 Å². The summed E-state index contributed by atoms with van der Waals surface area (Å²) in [6.07, 6.45) is 1.80. The Balaban J connectivity index is 1.75. The summed E-state index contributed by atoms with van der Waals surface area (Å²) < 4.78 is 7.21. The number of hydrogen-bond acceptors (Lipinski definition) is 5. The molecule has 0 spiro atoms. The Labute approximate surface area is 164 Å². The molecule has 128 valence electrons. The molecule has 0 amide bonds. The fraction of sp³-hybridized carbons (Fsp3) is 0.158. The standard InChI is InChI=1S/C19H16BrNO2S2/c1-2-23-15-8-9-16(20)14(10-15)11-17-18(22)25-19(21-17)24-12-13-6-4-3-5-7-13/h3-11H,2,12H2,1H3. The zero-order chi connectivity index (χ0) is 17.6. The summed E-state index contributed by atoms with van der Waals surface area (Å²) in [6, 6.07) is 15.9. The molecule has 0 N–H and O–H groups in total. The van der Waals surface area contributed by atoms with Crippen LogP contribution in [0.25, 0.3) is 6.08 Å². The van der Waals surface area contributed by atoms with Crippen LogP contribution in [0.5, 0.6) is 5.75 Å². The van der Waals surface area contributed by atoms with E-state index in [9.17, 15) is 4.79 Å². The van der Waals surface area contributed by atoms with E-state index < -0.39 is 0 Å². The van der Waals surface area contributed by atoms with Gasteiger partial charge >= 0.3 is 0 Å². The largest absolute Gasteiger partial charge is 0.494 e. The molecule has 0 bridgehead atoms. The van der Waals surface area contributed by atoms with E-state index in [1.807, 2.05) is 43.3 Å². The molecule has 1 heterocycles. The van der Waals surface area contributed by atoms with Gasteiger partial charge in [0.05, 0.1) is 6.61 Å². The quantitative estimate of drug-likeness (QED) is 0.562. The van der Waals surface area contributed by atoms with Crippen molar-refractivity contribution in [2.24, 2.45) is 4.99 Å². The van der Waals surface area contributed by atoms with Crippen LogP contribution in [0.4, 0.5) is 0 Å². The normalized spacial score (nSPS) is 15.5. The fourth-order valence-corrected chi connectivity index (χ4v) is 4.36. The molecule has 25 heavy (non-hydrogen) atoms. The van der Waals surface area contributed by atoms with E-state index in [2.05, 4.69) is 33.1 Å². The molecule has 0 unspecified atom stereocenters. The van der Waals surface area contributed by atoms with E-state index in [1.165, 1.54) is 17.3 Å². The molecule has 1 aliphatic heterocycles. The van der Waals surface area contributed by atoms with Gasteiger partial charge in [0.15, 0.2) is 0 Å². The van der Waals surface area contributed by atoms with Gasteiger partial charge in [0.1, 0.15) is 15.8 Å². The van der Waals surface area contributed by atoms with Gasteiger partial charge in [-0.05, 0) is 54.1 Å². The lowest BCUT2D eigenvalue weighted by Gasteiger charge is -2.05. The summed E-state index contributed by atoms with van der Waals surface area (Å²) in [6.45, 7) is 2.54. The zero-order valence-electron chi connectivity index (χ0n) is 13.6. The minimum Gasteiger partial charge on any atom is -0.494 e. The van der Waals surface area contributed by atoms with Crippen molar-refractivity contribution >= 4 is 55.0 Å². The third-order valence-electron chi connectivity index (χ3n) is 3.38. The zero-order valence-corrected chi connectivity index (χ0v) is 16.8. The van der Waals surface area contributed by atoms with E-state index in [-0.39, 0.29) is 5.12 Å². The van der Waals surface area contributed by atoms with Gasteiger partial charge in [0.25, 0.3) is 0 Å². The average Bonchev–Trinajstić information content (AvgIpc) is 2.97. The molecule has 2 aromatic carbocycles. The Morgan fingerprint density at radius 1 is 1.24 bits per heavy atom. The monoisotopic (exact) mass is 433 g/mol. The second-order valence-corrected chi connectivity index (χ2v) is 8.23. The lowest BCUT2D eigenvalue weighted by atomic mass is 10.2. The minimum absolute atomic E-state index is 0.0238. The first-order valence-corrected chi connectivity index (χ1v) is 10.4. The fourth-order valence-electron chi connectivity index (χ4n) is 2.21. The van der Waals surface area contributed by atoms with Gasteiger partial charge in [0, 0.05) is 10.2 Å². The molecule has 0 saturated carbocycles. The summed E-state index contributed by atoms with van der Waals surface area (Å²) in [7, 11) is 0. The molecule has 3 nitrogen and oxygen atoms in total. The van der Waals surface area contributed by atoms with E-state index in [1.54, 1.807) is 17.8 Å².